The Balaban J connectivity index is 2.43. The van der Waals surface area contributed by atoms with Gasteiger partial charge in [-0.3, -0.25) is 0 Å². The lowest BCUT2D eigenvalue weighted by atomic mass is 9.82. The molecule has 0 spiro atoms. The van der Waals surface area contributed by atoms with Gasteiger partial charge in [-0.05, 0) is 17.4 Å². The van der Waals surface area contributed by atoms with E-state index in [2.05, 4.69) is 6.58 Å². The molecule has 0 aliphatic rings. The Morgan fingerprint density at radius 3 is 2.50 bits per heavy atom. The van der Waals surface area contributed by atoms with E-state index in [1.54, 1.807) is 18.2 Å². The molecule has 0 saturated heterocycles. The molecule has 0 aliphatic carbocycles. The lowest BCUT2D eigenvalue weighted by Gasteiger charge is -2.17. The molecule has 1 aromatic rings. The summed E-state index contributed by atoms with van der Waals surface area (Å²) >= 11 is 7.04. The van der Waals surface area contributed by atoms with E-state index in [4.69, 9.17) is 11.6 Å². The van der Waals surface area contributed by atoms with E-state index in [1.165, 1.54) is 11.8 Å². The first-order valence-electron chi connectivity index (χ1n) is 4.60. The van der Waals surface area contributed by atoms with Gasteiger partial charge in [-0.1, -0.05) is 29.8 Å². The Morgan fingerprint density at radius 1 is 1.31 bits per heavy atom. The molecule has 16 heavy (non-hydrogen) atoms. The van der Waals surface area contributed by atoms with Crippen molar-refractivity contribution in [3.8, 4) is 0 Å². The monoisotopic (exact) mass is 265 g/mol. The van der Waals surface area contributed by atoms with E-state index >= 15 is 0 Å². The van der Waals surface area contributed by atoms with Crippen LogP contribution in [0.1, 0.15) is 5.56 Å². The van der Waals surface area contributed by atoms with Crippen molar-refractivity contribution in [2.24, 2.45) is 0 Å². The van der Waals surface area contributed by atoms with Crippen molar-refractivity contribution in [1.29, 1.82) is 0 Å². The number of hydrogen-bond acceptors (Lipinski definition) is 1. The van der Waals surface area contributed by atoms with Crippen LogP contribution in [-0.4, -0.2) is 12.7 Å². The normalized spacial score (nSPS) is 11.5. The van der Waals surface area contributed by atoms with Crippen LogP contribution in [0, 0.1) is 0 Å². The summed E-state index contributed by atoms with van der Waals surface area (Å²) in [5.74, 6) is 0.361. The molecule has 0 amide bonds. The van der Waals surface area contributed by atoms with Crippen LogP contribution in [0.5, 0.6) is 0 Å². The summed E-state index contributed by atoms with van der Waals surface area (Å²) in [6, 6.07) is 7.12. The van der Waals surface area contributed by atoms with Gasteiger partial charge in [0.15, 0.2) is 0 Å². The highest BCUT2D eigenvalue weighted by molar-refractivity contribution is 7.98. The minimum absolute atomic E-state index is 0.102. The molecule has 0 aliphatic heterocycles. The Morgan fingerprint density at radius 2 is 1.94 bits per heavy atom. The molecule has 6 heteroatoms. The van der Waals surface area contributed by atoms with Gasteiger partial charge in [-0.25, -0.2) is 0 Å². The maximum Gasteiger partial charge on any atom is 0.505 e. The van der Waals surface area contributed by atoms with Crippen LogP contribution in [0.25, 0.3) is 0 Å². The van der Waals surface area contributed by atoms with E-state index in [1.807, 2.05) is 6.07 Å². The topological polar surface area (TPSA) is 0 Å². The highest BCUT2D eigenvalue weighted by Crippen LogP contribution is 2.26. The summed E-state index contributed by atoms with van der Waals surface area (Å²) < 4.78 is 36.5. The van der Waals surface area contributed by atoms with Gasteiger partial charge in [-0.15, -0.1) is 12.1 Å². The molecule has 1 aromatic carbocycles. The molecule has 0 saturated carbocycles. The molecule has 0 aromatic heterocycles. The van der Waals surface area contributed by atoms with Gasteiger partial charge in [0, 0.05) is 10.8 Å². The third kappa shape index (κ3) is 4.14. The van der Waals surface area contributed by atoms with Crippen LogP contribution in [0.3, 0.4) is 0 Å². The Kier molecular flexibility index (Phi) is 4.80. The average molecular weight is 266 g/mol. The summed E-state index contributed by atoms with van der Waals surface area (Å²) in [5.41, 5.74) is 0.189. The summed E-state index contributed by atoms with van der Waals surface area (Å²) in [6.45, 7) is -1.88. The van der Waals surface area contributed by atoms with Crippen molar-refractivity contribution in [2.45, 2.75) is 5.75 Å². The minimum Gasteiger partial charge on any atom is -0.445 e. The first-order chi connectivity index (χ1) is 7.41. The largest absolute Gasteiger partial charge is 0.505 e. The lowest BCUT2D eigenvalue weighted by molar-refractivity contribution is 0.491. The summed E-state index contributed by atoms with van der Waals surface area (Å²) in [6.07, 6.45) is 0. The third-order valence-electron chi connectivity index (χ3n) is 1.97. The van der Waals surface area contributed by atoms with E-state index in [9.17, 15) is 12.9 Å². The van der Waals surface area contributed by atoms with E-state index in [-0.39, 0.29) is 5.75 Å². The van der Waals surface area contributed by atoms with Crippen molar-refractivity contribution < 1.29 is 12.9 Å². The van der Waals surface area contributed by atoms with Crippen molar-refractivity contribution in [3.63, 3.8) is 0 Å². The molecule has 0 radical (unpaired) electrons. The van der Waals surface area contributed by atoms with Crippen LogP contribution in [-0.2, 0) is 5.75 Å². The fourth-order valence-corrected chi connectivity index (χ4v) is 2.31. The number of hydrogen-bond donors (Lipinski definition) is 0. The first kappa shape index (κ1) is 13.5. The number of thioether (sulfide) groups is 1. The standard InChI is InChI=1S/C10H10BClF3S/c1-8(11(13,14)15)6-16-7-9-4-2-3-5-10(9)12/h2-5H,1,6-7H2/q-1. The zero-order valence-corrected chi connectivity index (χ0v) is 10.0. The van der Waals surface area contributed by atoms with Crippen molar-refractivity contribution in [3.05, 3.63) is 46.9 Å². The second kappa shape index (κ2) is 5.68. The predicted octanol–water partition coefficient (Wildman–Crippen LogP) is 4.52. The summed E-state index contributed by atoms with van der Waals surface area (Å²) in [5, 5.41) is 0.582. The van der Waals surface area contributed by atoms with Gasteiger partial charge in [0.2, 0.25) is 0 Å². The molecule has 0 bridgehead atoms. The molecular formula is C10H10BClF3S-. The summed E-state index contributed by atoms with van der Waals surface area (Å²) in [7, 11) is 0. The number of benzene rings is 1. The van der Waals surface area contributed by atoms with Crippen LogP contribution < -0.4 is 0 Å². The summed E-state index contributed by atoms with van der Waals surface area (Å²) in [4.78, 5) is 0. The Bertz CT molecular complexity index is 379. The highest BCUT2D eigenvalue weighted by atomic mass is 35.5. The van der Waals surface area contributed by atoms with Crippen molar-refractivity contribution in [1.82, 2.24) is 0 Å². The van der Waals surface area contributed by atoms with Crippen LogP contribution >= 0.6 is 23.4 Å². The quantitative estimate of drug-likeness (QED) is 0.706. The fourth-order valence-electron chi connectivity index (χ4n) is 1.00. The highest BCUT2D eigenvalue weighted by Gasteiger charge is 2.26. The third-order valence-corrected chi connectivity index (χ3v) is 3.42. The molecule has 0 heterocycles. The molecule has 88 valence electrons. The van der Waals surface area contributed by atoms with E-state index < -0.39 is 12.4 Å². The van der Waals surface area contributed by atoms with Gasteiger partial charge < -0.3 is 12.9 Å². The van der Waals surface area contributed by atoms with Gasteiger partial charge in [0.05, 0.1) is 0 Å². The minimum atomic E-state index is -4.91. The molecule has 0 fully saturated rings. The second-order valence-corrected chi connectivity index (χ2v) is 4.71. The zero-order valence-electron chi connectivity index (χ0n) is 8.43. The molecule has 0 unspecified atom stereocenters. The maximum absolute atomic E-state index is 12.2. The molecule has 1 rings (SSSR count). The van der Waals surface area contributed by atoms with Gasteiger partial charge in [-0.2, -0.15) is 11.8 Å². The van der Waals surface area contributed by atoms with E-state index in [0.717, 1.165) is 5.56 Å². The molecule has 0 atom stereocenters. The SMILES string of the molecule is C=C(CSCc1ccccc1Cl)[B-](F)(F)F. The zero-order chi connectivity index (χ0) is 12.2. The smallest absolute Gasteiger partial charge is 0.445 e. The Labute approximate surface area is 102 Å². The predicted molar refractivity (Wildman–Crippen MR) is 65.8 cm³/mol. The first-order valence-corrected chi connectivity index (χ1v) is 6.13. The number of halogens is 4. The van der Waals surface area contributed by atoms with Gasteiger partial charge in [0.1, 0.15) is 0 Å². The Hall–Kier alpha value is -0.545. The molecule has 0 nitrogen and oxygen atoms in total. The van der Waals surface area contributed by atoms with Crippen LogP contribution in [0.4, 0.5) is 12.9 Å². The number of rotatable bonds is 5. The average Bonchev–Trinajstić information content (AvgIpc) is 2.19. The van der Waals surface area contributed by atoms with Gasteiger partial charge >= 0.3 is 6.98 Å². The van der Waals surface area contributed by atoms with Crippen molar-refractivity contribution >= 4 is 30.3 Å². The molecular weight excluding hydrogens is 255 g/mol. The lowest BCUT2D eigenvalue weighted by Crippen LogP contribution is -2.20. The van der Waals surface area contributed by atoms with E-state index in [0.29, 0.717) is 10.8 Å². The van der Waals surface area contributed by atoms with Crippen LogP contribution in [0.2, 0.25) is 5.02 Å². The molecule has 0 N–H and O–H groups in total. The fraction of sp³-hybridized carbons (Fsp3) is 0.200. The van der Waals surface area contributed by atoms with Crippen LogP contribution in [0.15, 0.2) is 36.3 Å². The second-order valence-electron chi connectivity index (χ2n) is 3.32. The van der Waals surface area contributed by atoms with Crippen molar-refractivity contribution in [2.75, 3.05) is 5.75 Å². The van der Waals surface area contributed by atoms with Gasteiger partial charge in [0.25, 0.3) is 0 Å². The maximum atomic E-state index is 12.2.